The van der Waals surface area contributed by atoms with E-state index in [2.05, 4.69) is 50.8 Å². The first-order valence-corrected chi connectivity index (χ1v) is 13.2. The first-order valence-electron chi connectivity index (χ1n) is 12.3. The molecular weight excluding hydrogens is 472 g/mol. The van der Waals surface area contributed by atoms with Crippen LogP contribution in [0.15, 0.2) is 66.2 Å². The molecule has 184 valence electrons. The van der Waals surface area contributed by atoms with Crippen LogP contribution in [-0.2, 0) is 13.0 Å². The third-order valence-electron chi connectivity index (χ3n) is 6.90. The van der Waals surface area contributed by atoms with Crippen molar-refractivity contribution in [3.63, 3.8) is 0 Å². The summed E-state index contributed by atoms with van der Waals surface area (Å²) in [6.07, 6.45) is 3.48. The van der Waals surface area contributed by atoms with Crippen LogP contribution in [-0.4, -0.2) is 35.8 Å². The van der Waals surface area contributed by atoms with Crippen molar-refractivity contribution >= 4 is 39.0 Å². The van der Waals surface area contributed by atoms with Gasteiger partial charge in [-0.2, -0.15) is 0 Å². The number of piperidine rings is 1. The van der Waals surface area contributed by atoms with E-state index in [9.17, 15) is 4.79 Å². The molecular formula is C28H28N4O3S. The van der Waals surface area contributed by atoms with Crippen LogP contribution in [0.4, 0.5) is 16.2 Å². The summed E-state index contributed by atoms with van der Waals surface area (Å²) in [5, 5.41) is 5.98. The highest BCUT2D eigenvalue weighted by Crippen LogP contribution is 2.38. The van der Waals surface area contributed by atoms with Gasteiger partial charge >= 0.3 is 6.03 Å². The summed E-state index contributed by atoms with van der Waals surface area (Å²) in [6, 6.07) is 20.0. The maximum absolute atomic E-state index is 12.9. The molecule has 0 bridgehead atoms. The van der Waals surface area contributed by atoms with Crippen LogP contribution in [0.5, 0.6) is 11.5 Å². The summed E-state index contributed by atoms with van der Waals surface area (Å²) >= 11 is 1.55. The highest BCUT2D eigenvalue weighted by atomic mass is 32.1. The van der Waals surface area contributed by atoms with Gasteiger partial charge in [0.1, 0.15) is 0 Å². The van der Waals surface area contributed by atoms with Crippen LogP contribution in [0.1, 0.15) is 24.0 Å². The lowest BCUT2D eigenvalue weighted by Crippen LogP contribution is -2.34. The van der Waals surface area contributed by atoms with E-state index in [0.717, 1.165) is 59.0 Å². The van der Waals surface area contributed by atoms with Gasteiger partial charge in [-0.3, -0.25) is 4.90 Å². The van der Waals surface area contributed by atoms with Crippen LogP contribution in [0.25, 0.3) is 10.2 Å². The van der Waals surface area contributed by atoms with E-state index in [4.69, 9.17) is 9.47 Å². The fourth-order valence-corrected chi connectivity index (χ4v) is 5.70. The number of carbonyl (C=O) groups excluding carboxylic acids is 1. The van der Waals surface area contributed by atoms with Gasteiger partial charge in [-0.1, -0.05) is 30.3 Å². The Morgan fingerprint density at radius 3 is 2.64 bits per heavy atom. The number of aromatic nitrogens is 1. The topological polar surface area (TPSA) is 75.7 Å². The maximum atomic E-state index is 12.9. The highest BCUT2D eigenvalue weighted by Gasteiger charge is 2.23. The summed E-state index contributed by atoms with van der Waals surface area (Å²) < 4.78 is 12.2. The van der Waals surface area contributed by atoms with Crippen molar-refractivity contribution in [2.45, 2.75) is 25.8 Å². The first-order chi connectivity index (χ1) is 17.7. The number of nitrogens with zero attached hydrogens (tertiary/aromatic N) is 2. The Hall–Kier alpha value is -3.62. The van der Waals surface area contributed by atoms with Gasteiger partial charge in [-0.05, 0) is 73.7 Å². The number of hydrogen-bond donors (Lipinski definition) is 2. The molecule has 2 amide bonds. The molecule has 2 aliphatic rings. The van der Waals surface area contributed by atoms with Crippen LogP contribution < -0.4 is 20.1 Å². The van der Waals surface area contributed by atoms with Gasteiger partial charge in [0.15, 0.2) is 11.5 Å². The molecule has 3 heterocycles. The van der Waals surface area contributed by atoms with E-state index >= 15 is 0 Å². The molecule has 0 unspecified atom stereocenters. The van der Waals surface area contributed by atoms with Crippen molar-refractivity contribution in [1.29, 1.82) is 0 Å². The number of nitrogens with one attached hydrogen (secondary N) is 2. The first kappa shape index (κ1) is 22.8. The molecule has 4 aromatic rings. The lowest BCUT2D eigenvalue weighted by atomic mass is 9.90. The highest BCUT2D eigenvalue weighted by molar-refractivity contribution is 7.16. The molecule has 36 heavy (non-hydrogen) atoms. The minimum atomic E-state index is -0.291. The normalized spacial score (nSPS) is 15.8. The summed E-state index contributed by atoms with van der Waals surface area (Å²) in [4.78, 5) is 19.6. The fraction of sp³-hybridized carbons (Fsp3) is 0.286. The number of benzene rings is 3. The average Bonchev–Trinajstić information content (AvgIpc) is 3.55. The standard InChI is InChI=1S/C28H28N4O3S/c33-28(30-22-6-7-23-27(14-22)36-17-29-23)31-24-15-26-25(34-18-35-26)13-21(24)16-32-10-8-20(9-11-32)12-19-4-2-1-3-5-19/h1-7,13-15,17,20H,8-12,16,18H2,(H2,30,31,33). The van der Waals surface area contributed by atoms with Crippen LogP contribution >= 0.6 is 11.3 Å². The number of urea groups is 1. The number of amides is 2. The molecule has 0 aliphatic carbocycles. The van der Waals surface area contributed by atoms with Crippen molar-refractivity contribution in [2.24, 2.45) is 5.92 Å². The van der Waals surface area contributed by atoms with E-state index < -0.39 is 0 Å². The summed E-state index contributed by atoms with van der Waals surface area (Å²) in [5.41, 5.74) is 6.64. The predicted octanol–water partition coefficient (Wildman–Crippen LogP) is 6.12. The van der Waals surface area contributed by atoms with E-state index in [1.165, 1.54) is 18.4 Å². The van der Waals surface area contributed by atoms with Gasteiger partial charge in [0.05, 0.1) is 21.4 Å². The second-order valence-electron chi connectivity index (χ2n) is 9.39. The van der Waals surface area contributed by atoms with E-state index in [0.29, 0.717) is 11.7 Å². The van der Waals surface area contributed by atoms with Gasteiger partial charge in [-0.15, -0.1) is 11.3 Å². The third kappa shape index (κ3) is 5.15. The Labute approximate surface area is 214 Å². The molecule has 7 nitrogen and oxygen atoms in total. The van der Waals surface area contributed by atoms with Crippen molar-refractivity contribution in [2.75, 3.05) is 30.5 Å². The molecule has 1 saturated heterocycles. The molecule has 1 fully saturated rings. The zero-order chi connectivity index (χ0) is 24.3. The summed E-state index contributed by atoms with van der Waals surface area (Å²) in [7, 11) is 0. The Morgan fingerprint density at radius 2 is 1.81 bits per heavy atom. The van der Waals surface area contributed by atoms with Crippen molar-refractivity contribution in [1.82, 2.24) is 9.88 Å². The smallest absolute Gasteiger partial charge is 0.323 e. The third-order valence-corrected chi connectivity index (χ3v) is 7.70. The van der Waals surface area contributed by atoms with E-state index in [1.807, 2.05) is 30.3 Å². The molecule has 0 atom stereocenters. The Kier molecular flexibility index (Phi) is 6.44. The second-order valence-corrected chi connectivity index (χ2v) is 10.3. The number of rotatable bonds is 6. The summed E-state index contributed by atoms with van der Waals surface area (Å²) in [6.45, 7) is 3.01. The van der Waals surface area contributed by atoms with Crippen molar-refractivity contribution in [3.8, 4) is 11.5 Å². The van der Waals surface area contributed by atoms with Crippen molar-refractivity contribution in [3.05, 3.63) is 77.3 Å². The zero-order valence-corrected chi connectivity index (χ0v) is 20.7. The maximum Gasteiger partial charge on any atom is 0.323 e. The average molecular weight is 501 g/mol. The molecule has 2 aliphatic heterocycles. The largest absolute Gasteiger partial charge is 0.454 e. The Morgan fingerprint density at radius 1 is 1.00 bits per heavy atom. The number of thiazole rings is 1. The Bertz CT molecular complexity index is 1370. The number of likely N-dealkylation sites (tertiary alicyclic amines) is 1. The van der Waals surface area contributed by atoms with Gasteiger partial charge in [0.2, 0.25) is 6.79 Å². The minimum absolute atomic E-state index is 0.199. The van der Waals surface area contributed by atoms with E-state index in [1.54, 1.807) is 16.8 Å². The zero-order valence-electron chi connectivity index (χ0n) is 19.9. The van der Waals surface area contributed by atoms with E-state index in [-0.39, 0.29) is 12.8 Å². The Balaban J connectivity index is 1.12. The number of hydrogen-bond acceptors (Lipinski definition) is 6. The van der Waals surface area contributed by atoms with Crippen molar-refractivity contribution < 1.29 is 14.3 Å². The molecule has 3 aromatic carbocycles. The number of ether oxygens (including phenoxy) is 2. The predicted molar refractivity (Wildman–Crippen MR) is 143 cm³/mol. The van der Waals surface area contributed by atoms with Gasteiger partial charge in [0, 0.05) is 18.3 Å². The molecule has 0 saturated carbocycles. The lowest BCUT2D eigenvalue weighted by Gasteiger charge is -2.32. The molecule has 1 aromatic heterocycles. The number of carbonyl (C=O) groups is 1. The monoisotopic (exact) mass is 500 g/mol. The van der Waals surface area contributed by atoms with Gasteiger partial charge in [-0.25, -0.2) is 9.78 Å². The van der Waals surface area contributed by atoms with Crippen LogP contribution in [0.2, 0.25) is 0 Å². The summed E-state index contributed by atoms with van der Waals surface area (Å²) in [5.74, 6) is 2.09. The van der Waals surface area contributed by atoms with Crippen LogP contribution in [0, 0.1) is 5.92 Å². The molecule has 2 N–H and O–H groups in total. The van der Waals surface area contributed by atoms with Gasteiger partial charge in [0.25, 0.3) is 0 Å². The lowest BCUT2D eigenvalue weighted by molar-refractivity contribution is 0.172. The number of anilines is 2. The number of fused-ring (bicyclic) bond motifs is 2. The molecule has 0 radical (unpaired) electrons. The molecule has 8 heteroatoms. The quantitative estimate of drug-likeness (QED) is 0.333. The van der Waals surface area contributed by atoms with Gasteiger partial charge < -0.3 is 20.1 Å². The fourth-order valence-electron chi connectivity index (χ4n) is 4.99. The van der Waals surface area contributed by atoms with Crippen LogP contribution in [0.3, 0.4) is 0 Å². The molecule has 0 spiro atoms. The second kappa shape index (κ2) is 10.2. The molecule has 6 rings (SSSR count). The minimum Gasteiger partial charge on any atom is -0.454 e. The SMILES string of the molecule is O=C(Nc1ccc2ncsc2c1)Nc1cc2c(cc1CN1CCC(Cc3ccccc3)CC1)OCO2.